The standard InChI is InChI=1S/C14H23NO2/c1-3-5-6-7-8-15-14(16)11-12-9-13(10-12)17-4-2/h1,12-13H,4-11H2,2H3,(H,15,16). The van der Waals surface area contributed by atoms with Gasteiger partial charge in [-0.15, -0.1) is 12.3 Å². The average molecular weight is 237 g/mol. The minimum Gasteiger partial charge on any atom is -0.378 e. The van der Waals surface area contributed by atoms with Crippen LogP contribution < -0.4 is 5.32 Å². The van der Waals surface area contributed by atoms with E-state index in [2.05, 4.69) is 11.2 Å². The van der Waals surface area contributed by atoms with E-state index in [9.17, 15) is 4.79 Å². The molecule has 0 radical (unpaired) electrons. The first-order valence-corrected chi connectivity index (χ1v) is 6.58. The molecule has 1 aliphatic carbocycles. The lowest BCUT2D eigenvalue weighted by molar-refractivity contribution is -0.124. The highest BCUT2D eigenvalue weighted by Crippen LogP contribution is 2.32. The van der Waals surface area contributed by atoms with E-state index in [1.54, 1.807) is 0 Å². The van der Waals surface area contributed by atoms with Crippen molar-refractivity contribution in [2.75, 3.05) is 13.2 Å². The molecule has 0 saturated heterocycles. The maximum Gasteiger partial charge on any atom is 0.220 e. The molecule has 17 heavy (non-hydrogen) atoms. The number of terminal acetylenes is 1. The Bertz CT molecular complexity index is 264. The first kappa shape index (κ1) is 14.1. The van der Waals surface area contributed by atoms with Gasteiger partial charge in [-0.25, -0.2) is 0 Å². The average Bonchev–Trinajstić information content (AvgIpc) is 2.26. The smallest absolute Gasteiger partial charge is 0.220 e. The zero-order valence-corrected chi connectivity index (χ0v) is 10.7. The van der Waals surface area contributed by atoms with Gasteiger partial charge in [-0.1, -0.05) is 0 Å². The second kappa shape index (κ2) is 8.14. The number of hydrogen-bond acceptors (Lipinski definition) is 2. The van der Waals surface area contributed by atoms with Crippen LogP contribution in [0.3, 0.4) is 0 Å². The largest absolute Gasteiger partial charge is 0.378 e. The summed E-state index contributed by atoms with van der Waals surface area (Å²) in [6.45, 7) is 3.54. The zero-order chi connectivity index (χ0) is 12.5. The number of rotatable bonds is 8. The summed E-state index contributed by atoms with van der Waals surface area (Å²) >= 11 is 0. The van der Waals surface area contributed by atoms with E-state index in [1.807, 2.05) is 6.92 Å². The van der Waals surface area contributed by atoms with E-state index in [1.165, 1.54) is 0 Å². The van der Waals surface area contributed by atoms with Crippen molar-refractivity contribution in [1.82, 2.24) is 5.32 Å². The van der Waals surface area contributed by atoms with Crippen molar-refractivity contribution < 1.29 is 9.53 Å². The molecular formula is C14H23NO2. The summed E-state index contributed by atoms with van der Waals surface area (Å²) in [7, 11) is 0. The van der Waals surface area contributed by atoms with E-state index in [4.69, 9.17) is 11.2 Å². The molecule has 1 fully saturated rings. The molecule has 0 bridgehead atoms. The molecule has 0 aliphatic heterocycles. The monoisotopic (exact) mass is 237 g/mol. The Morgan fingerprint density at radius 3 is 2.88 bits per heavy atom. The fourth-order valence-corrected chi connectivity index (χ4v) is 2.13. The molecule has 3 nitrogen and oxygen atoms in total. The van der Waals surface area contributed by atoms with E-state index in [-0.39, 0.29) is 5.91 Å². The third-order valence-electron chi connectivity index (χ3n) is 3.14. The molecule has 0 heterocycles. The predicted molar refractivity (Wildman–Crippen MR) is 68.4 cm³/mol. The van der Waals surface area contributed by atoms with Gasteiger partial charge in [0, 0.05) is 26.0 Å². The Morgan fingerprint density at radius 2 is 2.24 bits per heavy atom. The van der Waals surface area contributed by atoms with Crippen LogP contribution >= 0.6 is 0 Å². The van der Waals surface area contributed by atoms with Gasteiger partial charge in [0.05, 0.1) is 6.10 Å². The molecule has 0 aromatic heterocycles. The molecule has 1 N–H and O–H groups in total. The highest BCUT2D eigenvalue weighted by molar-refractivity contribution is 5.76. The second-order valence-corrected chi connectivity index (χ2v) is 4.63. The molecule has 0 aromatic carbocycles. The Labute approximate surface area is 104 Å². The van der Waals surface area contributed by atoms with Gasteiger partial charge in [0.1, 0.15) is 0 Å². The molecule has 1 aliphatic rings. The summed E-state index contributed by atoms with van der Waals surface area (Å²) in [5.74, 6) is 3.29. The van der Waals surface area contributed by atoms with Crippen LogP contribution in [0, 0.1) is 18.3 Å². The predicted octanol–water partition coefficient (Wildman–Crippen LogP) is 2.11. The van der Waals surface area contributed by atoms with Crippen molar-refractivity contribution in [2.24, 2.45) is 5.92 Å². The normalized spacial score (nSPS) is 22.6. The van der Waals surface area contributed by atoms with Gasteiger partial charge < -0.3 is 10.1 Å². The third-order valence-corrected chi connectivity index (χ3v) is 3.14. The van der Waals surface area contributed by atoms with Crippen LogP contribution in [0.15, 0.2) is 0 Å². The molecule has 0 unspecified atom stereocenters. The summed E-state index contributed by atoms with van der Waals surface area (Å²) in [5.41, 5.74) is 0. The molecule has 1 amide bonds. The van der Waals surface area contributed by atoms with Gasteiger partial charge in [-0.3, -0.25) is 4.79 Å². The Balaban J connectivity index is 1.94. The lowest BCUT2D eigenvalue weighted by Crippen LogP contribution is -2.36. The van der Waals surface area contributed by atoms with Gasteiger partial charge in [-0.2, -0.15) is 0 Å². The molecule has 0 spiro atoms. The van der Waals surface area contributed by atoms with Crippen molar-refractivity contribution in [3.05, 3.63) is 0 Å². The van der Waals surface area contributed by atoms with Crippen LogP contribution in [0.1, 0.15) is 45.4 Å². The van der Waals surface area contributed by atoms with Gasteiger partial charge in [0.25, 0.3) is 0 Å². The molecule has 0 aromatic rings. The van der Waals surface area contributed by atoms with Crippen molar-refractivity contribution in [3.8, 4) is 12.3 Å². The number of carbonyl (C=O) groups is 1. The third kappa shape index (κ3) is 5.74. The van der Waals surface area contributed by atoms with Crippen LogP contribution in [0.5, 0.6) is 0 Å². The topological polar surface area (TPSA) is 38.3 Å². The van der Waals surface area contributed by atoms with Crippen LogP contribution in [0.4, 0.5) is 0 Å². The van der Waals surface area contributed by atoms with Crippen LogP contribution in [-0.2, 0) is 9.53 Å². The maximum atomic E-state index is 11.6. The van der Waals surface area contributed by atoms with Gasteiger partial charge in [0.2, 0.25) is 5.91 Å². The highest BCUT2D eigenvalue weighted by Gasteiger charge is 2.30. The minimum absolute atomic E-state index is 0.172. The van der Waals surface area contributed by atoms with Gasteiger partial charge >= 0.3 is 0 Å². The summed E-state index contributed by atoms with van der Waals surface area (Å²) in [4.78, 5) is 11.6. The molecule has 3 heteroatoms. The number of unbranched alkanes of at least 4 members (excludes halogenated alkanes) is 2. The Morgan fingerprint density at radius 1 is 1.47 bits per heavy atom. The van der Waals surface area contributed by atoms with Gasteiger partial charge in [0.15, 0.2) is 0 Å². The zero-order valence-electron chi connectivity index (χ0n) is 10.7. The first-order valence-electron chi connectivity index (χ1n) is 6.58. The number of carbonyl (C=O) groups excluding carboxylic acids is 1. The number of nitrogens with one attached hydrogen (secondary N) is 1. The fraction of sp³-hybridized carbons (Fsp3) is 0.786. The summed E-state index contributed by atoms with van der Waals surface area (Å²) in [5, 5.41) is 2.94. The number of ether oxygens (including phenoxy) is 1. The van der Waals surface area contributed by atoms with Crippen molar-refractivity contribution in [2.45, 2.75) is 51.6 Å². The molecule has 0 atom stereocenters. The Kier molecular flexibility index (Phi) is 6.73. The van der Waals surface area contributed by atoms with E-state index >= 15 is 0 Å². The molecule has 96 valence electrons. The van der Waals surface area contributed by atoms with Crippen molar-refractivity contribution in [3.63, 3.8) is 0 Å². The van der Waals surface area contributed by atoms with E-state index in [0.29, 0.717) is 18.4 Å². The SMILES string of the molecule is C#CCCCCNC(=O)CC1CC(OCC)C1. The van der Waals surface area contributed by atoms with Crippen LogP contribution in [-0.4, -0.2) is 25.2 Å². The second-order valence-electron chi connectivity index (χ2n) is 4.63. The fourth-order valence-electron chi connectivity index (χ4n) is 2.13. The van der Waals surface area contributed by atoms with Crippen molar-refractivity contribution in [1.29, 1.82) is 0 Å². The minimum atomic E-state index is 0.172. The van der Waals surface area contributed by atoms with E-state index in [0.717, 1.165) is 45.3 Å². The van der Waals surface area contributed by atoms with E-state index < -0.39 is 0 Å². The van der Waals surface area contributed by atoms with Crippen molar-refractivity contribution >= 4 is 5.91 Å². The highest BCUT2D eigenvalue weighted by atomic mass is 16.5. The summed E-state index contributed by atoms with van der Waals surface area (Å²) < 4.78 is 5.46. The van der Waals surface area contributed by atoms with Crippen LogP contribution in [0.25, 0.3) is 0 Å². The quantitative estimate of drug-likeness (QED) is 0.518. The molecule has 1 rings (SSSR count). The number of amides is 1. The van der Waals surface area contributed by atoms with Gasteiger partial charge in [-0.05, 0) is 38.5 Å². The lowest BCUT2D eigenvalue weighted by Gasteiger charge is -2.34. The number of hydrogen-bond donors (Lipinski definition) is 1. The summed E-state index contributed by atoms with van der Waals surface area (Å²) in [6, 6.07) is 0. The first-order chi connectivity index (χ1) is 8.26. The molecule has 1 saturated carbocycles. The summed E-state index contributed by atoms with van der Waals surface area (Å²) in [6.07, 6.45) is 11.0. The maximum absolute atomic E-state index is 11.6. The van der Waals surface area contributed by atoms with Crippen LogP contribution in [0.2, 0.25) is 0 Å². The Hall–Kier alpha value is -1.01. The molecular weight excluding hydrogens is 214 g/mol. The lowest BCUT2D eigenvalue weighted by atomic mass is 9.80.